The summed E-state index contributed by atoms with van der Waals surface area (Å²) >= 11 is 1.46. The molecule has 0 aliphatic carbocycles. The van der Waals surface area contributed by atoms with Gasteiger partial charge in [0.1, 0.15) is 0 Å². The fourth-order valence-electron chi connectivity index (χ4n) is 2.50. The topological polar surface area (TPSA) is 116 Å². The number of tetrazole rings is 1. The Bertz CT molecular complexity index is 972. The van der Waals surface area contributed by atoms with E-state index in [2.05, 4.69) is 20.7 Å². The van der Waals surface area contributed by atoms with Crippen LogP contribution >= 0.6 is 11.3 Å². The summed E-state index contributed by atoms with van der Waals surface area (Å²) < 4.78 is 4.95. The second-order valence-electron chi connectivity index (χ2n) is 6.20. The Morgan fingerprint density at radius 3 is 2.66 bits per heavy atom. The Hall–Kier alpha value is -3.40. The van der Waals surface area contributed by atoms with Crippen LogP contribution in [0.15, 0.2) is 47.8 Å². The lowest BCUT2D eigenvalue weighted by Crippen LogP contribution is -2.43. The zero-order valence-corrected chi connectivity index (χ0v) is 16.5. The van der Waals surface area contributed by atoms with Gasteiger partial charge in [-0.05, 0) is 35.6 Å². The molecule has 9 nitrogen and oxygen atoms in total. The van der Waals surface area contributed by atoms with Crippen molar-refractivity contribution in [3.63, 3.8) is 0 Å². The maximum Gasteiger partial charge on any atom is 0.330 e. The highest BCUT2D eigenvalue weighted by Crippen LogP contribution is 2.19. The van der Waals surface area contributed by atoms with Crippen molar-refractivity contribution in [1.29, 1.82) is 0 Å². The molecule has 1 atom stereocenters. The fraction of sp³-hybridized carbons (Fsp3) is 0.263. The Balaban J connectivity index is 1.46. The number of ketones is 1. The Morgan fingerprint density at radius 2 is 1.97 bits per heavy atom. The number of benzene rings is 1. The molecule has 2 heterocycles. The van der Waals surface area contributed by atoms with Crippen LogP contribution in [0.3, 0.4) is 0 Å². The molecular weight excluding hydrogens is 394 g/mol. The largest absolute Gasteiger partial charge is 0.454 e. The molecule has 0 fully saturated rings. The van der Waals surface area contributed by atoms with E-state index in [1.165, 1.54) is 18.3 Å². The lowest BCUT2D eigenvalue weighted by atomic mass is 10.0. The zero-order chi connectivity index (χ0) is 20.6. The molecule has 3 rings (SSSR count). The molecule has 29 heavy (non-hydrogen) atoms. The molecule has 1 amide bonds. The summed E-state index contributed by atoms with van der Waals surface area (Å²) in [6.45, 7) is 0.636. The van der Waals surface area contributed by atoms with Gasteiger partial charge in [0.2, 0.25) is 5.82 Å². The maximum absolute atomic E-state index is 12.1. The molecule has 0 unspecified atom stereocenters. The van der Waals surface area contributed by atoms with Crippen LogP contribution in [0.25, 0.3) is 10.7 Å². The van der Waals surface area contributed by atoms with Crippen LogP contribution in [-0.4, -0.2) is 50.5 Å². The van der Waals surface area contributed by atoms with Crippen LogP contribution in [0, 0.1) is 0 Å². The first kappa shape index (κ1) is 20.3. The molecule has 0 spiro atoms. The van der Waals surface area contributed by atoms with Crippen molar-refractivity contribution in [3.8, 4) is 10.7 Å². The van der Waals surface area contributed by atoms with Crippen molar-refractivity contribution in [2.24, 2.45) is 0 Å². The van der Waals surface area contributed by atoms with Crippen molar-refractivity contribution in [2.75, 3.05) is 6.61 Å². The smallest absolute Gasteiger partial charge is 0.330 e. The summed E-state index contributed by atoms with van der Waals surface area (Å²) in [5.74, 6) is -1.00. The second kappa shape index (κ2) is 9.69. The zero-order valence-electron chi connectivity index (χ0n) is 15.6. The Morgan fingerprint density at radius 1 is 1.17 bits per heavy atom. The van der Waals surface area contributed by atoms with E-state index in [0.29, 0.717) is 12.2 Å². The summed E-state index contributed by atoms with van der Waals surface area (Å²) in [4.78, 5) is 37.7. The number of nitrogens with zero attached hydrogens (tertiary/aromatic N) is 4. The molecule has 150 valence electrons. The highest BCUT2D eigenvalue weighted by atomic mass is 32.1. The van der Waals surface area contributed by atoms with E-state index in [1.807, 2.05) is 47.8 Å². The van der Waals surface area contributed by atoms with Gasteiger partial charge in [0.05, 0.1) is 10.9 Å². The van der Waals surface area contributed by atoms with Crippen LogP contribution < -0.4 is 5.32 Å². The summed E-state index contributed by atoms with van der Waals surface area (Å²) in [6, 6.07) is 12.4. The van der Waals surface area contributed by atoms with Gasteiger partial charge >= 0.3 is 5.97 Å². The van der Waals surface area contributed by atoms with E-state index in [1.54, 1.807) is 0 Å². The number of hydrogen-bond acceptors (Lipinski definition) is 8. The van der Waals surface area contributed by atoms with E-state index in [9.17, 15) is 14.4 Å². The lowest BCUT2D eigenvalue weighted by molar-refractivity contribution is -0.149. The molecule has 10 heteroatoms. The number of aromatic nitrogens is 4. The molecule has 0 aliphatic rings. The average molecular weight is 413 g/mol. The number of thiophene rings is 1. The Kier molecular flexibility index (Phi) is 6.80. The molecular formula is C19H19N5O4S. The van der Waals surface area contributed by atoms with E-state index in [-0.39, 0.29) is 12.3 Å². The number of nitrogens with one attached hydrogen (secondary N) is 1. The average Bonchev–Trinajstić information content (AvgIpc) is 3.38. The third-order valence-electron chi connectivity index (χ3n) is 3.94. The number of Topliss-reactive ketones (excluding diaryl/α,β-unsaturated/α-hetero) is 1. The van der Waals surface area contributed by atoms with E-state index in [4.69, 9.17) is 4.74 Å². The van der Waals surface area contributed by atoms with E-state index >= 15 is 0 Å². The fourth-order valence-corrected chi connectivity index (χ4v) is 3.15. The molecule has 0 saturated heterocycles. The third kappa shape index (κ3) is 6.04. The highest BCUT2D eigenvalue weighted by Gasteiger charge is 2.19. The van der Waals surface area contributed by atoms with Crippen LogP contribution in [-0.2, 0) is 32.1 Å². The van der Waals surface area contributed by atoms with Gasteiger partial charge in [-0.3, -0.25) is 9.59 Å². The lowest BCUT2D eigenvalue weighted by Gasteiger charge is -2.16. The summed E-state index contributed by atoms with van der Waals surface area (Å²) in [6.07, 6.45) is 0.365. The predicted molar refractivity (Wildman–Crippen MR) is 105 cm³/mol. The predicted octanol–water partition coefficient (Wildman–Crippen LogP) is 1.26. The molecule has 0 aliphatic heterocycles. The number of amides is 1. The first-order valence-corrected chi connectivity index (χ1v) is 9.70. The number of ether oxygens (including phenoxy) is 1. The molecule has 3 aromatic rings. The van der Waals surface area contributed by atoms with Crippen molar-refractivity contribution in [3.05, 3.63) is 53.4 Å². The van der Waals surface area contributed by atoms with Crippen LogP contribution in [0.2, 0.25) is 0 Å². The van der Waals surface area contributed by atoms with Crippen molar-refractivity contribution in [2.45, 2.75) is 25.9 Å². The normalized spacial score (nSPS) is 11.6. The van der Waals surface area contributed by atoms with Crippen LogP contribution in [0.1, 0.15) is 12.5 Å². The van der Waals surface area contributed by atoms with Crippen molar-refractivity contribution >= 4 is 29.0 Å². The van der Waals surface area contributed by atoms with Gasteiger partial charge in [0, 0.05) is 0 Å². The number of carbonyl (C=O) groups is 3. The Labute approximate surface area is 170 Å². The number of esters is 1. The molecule has 0 saturated carbocycles. The molecule has 0 radical (unpaired) electrons. The van der Waals surface area contributed by atoms with Gasteiger partial charge in [-0.1, -0.05) is 36.4 Å². The van der Waals surface area contributed by atoms with Crippen LogP contribution in [0.5, 0.6) is 0 Å². The molecule has 0 bridgehead atoms. The number of rotatable bonds is 9. The van der Waals surface area contributed by atoms with Gasteiger partial charge in [-0.2, -0.15) is 4.80 Å². The first-order chi connectivity index (χ1) is 14.0. The van der Waals surface area contributed by atoms with Crippen LogP contribution in [0.4, 0.5) is 0 Å². The number of carbonyl (C=O) groups excluding carboxylic acids is 3. The number of hydrogen-bond donors (Lipinski definition) is 1. The first-order valence-electron chi connectivity index (χ1n) is 8.82. The quantitative estimate of drug-likeness (QED) is 0.525. The van der Waals surface area contributed by atoms with Gasteiger partial charge in [-0.15, -0.1) is 21.5 Å². The summed E-state index contributed by atoms with van der Waals surface area (Å²) in [5.41, 5.74) is 0.920. The summed E-state index contributed by atoms with van der Waals surface area (Å²) in [7, 11) is 0. The molecule has 1 aromatic carbocycles. The minimum absolute atomic E-state index is 0.179. The highest BCUT2D eigenvalue weighted by molar-refractivity contribution is 7.13. The van der Waals surface area contributed by atoms with E-state index in [0.717, 1.165) is 15.2 Å². The maximum atomic E-state index is 12.1. The van der Waals surface area contributed by atoms with Gasteiger partial charge < -0.3 is 10.1 Å². The molecule has 1 N–H and O–H groups in total. The van der Waals surface area contributed by atoms with Crippen molar-refractivity contribution < 1.29 is 19.1 Å². The van der Waals surface area contributed by atoms with E-state index < -0.39 is 24.5 Å². The second-order valence-corrected chi connectivity index (χ2v) is 7.15. The minimum atomic E-state index is -0.686. The SMILES string of the molecule is CC(=O)[C@H](Cc1ccccc1)NC(=O)COC(=O)Cn1nnc(-c2cccs2)n1. The monoisotopic (exact) mass is 413 g/mol. The minimum Gasteiger partial charge on any atom is -0.454 e. The summed E-state index contributed by atoms with van der Waals surface area (Å²) in [5, 5.41) is 16.2. The van der Waals surface area contributed by atoms with Gasteiger partial charge in [0.15, 0.2) is 18.9 Å². The van der Waals surface area contributed by atoms with Gasteiger partial charge in [-0.25, -0.2) is 4.79 Å². The molecule has 2 aromatic heterocycles. The van der Waals surface area contributed by atoms with Crippen molar-refractivity contribution in [1.82, 2.24) is 25.5 Å². The third-order valence-corrected chi connectivity index (χ3v) is 4.80. The standard InChI is InChI=1S/C19H19N5O4S/c1-13(25)15(10-14-6-3-2-4-7-14)20-17(26)12-28-18(27)11-24-22-19(21-23-24)16-8-5-9-29-16/h2-9,15H,10-12H2,1H3,(H,20,26)/t15-/m0/s1. The van der Waals surface area contributed by atoms with Gasteiger partial charge in [0.25, 0.3) is 5.91 Å².